The SMILES string of the molecule is C.C1CCOC1.COc1cccc(-c2nc(=S)s[nH]2)c1.COc1cccc(-c2nsc(SCC(=O)NC3CCCC3)n2)c1.O=C(CCl)NC1CCCC1. The topological polar surface area (TPSA) is 140 Å². The maximum Gasteiger partial charge on any atom is 0.235 e. The number of nitrogens with zero attached hydrogens (tertiary/aromatic N) is 3. The largest absolute Gasteiger partial charge is 0.497 e. The van der Waals surface area contributed by atoms with Crippen LogP contribution in [0, 0.1) is 3.95 Å². The van der Waals surface area contributed by atoms with Gasteiger partial charge in [-0.2, -0.15) is 4.37 Å². The summed E-state index contributed by atoms with van der Waals surface area (Å²) in [5.74, 6) is 3.59. The van der Waals surface area contributed by atoms with Gasteiger partial charge in [-0.15, -0.1) is 11.6 Å². The molecule has 0 bridgehead atoms. The Kier molecular flexibility index (Phi) is 21.0. The summed E-state index contributed by atoms with van der Waals surface area (Å²) >= 11 is 14.4. The van der Waals surface area contributed by atoms with Gasteiger partial charge in [-0.1, -0.05) is 69.1 Å². The zero-order valence-corrected chi connectivity index (χ0v) is 33.6. The van der Waals surface area contributed by atoms with E-state index in [-0.39, 0.29) is 25.1 Å². The smallest absolute Gasteiger partial charge is 0.235 e. The number of thioether (sulfide) groups is 1. The molecule has 3 N–H and O–H groups in total. The number of alkyl halides is 1. The van der Waals surface area contributed by atoms with E-state index < -0.39 is 0 Å². The molecule has 0 radical (unpaired) electrons. The minimum atomic E-state index is -0.0337. The van der Waals surface area contributed by atoms with Crippen LogP contribution in [-0.2, 0) is 14.3 Å². The number of ether oxygens (including phenoxy) is 3. The number of carbonyl (C=O) groups excluding carboxylic acids is 2. The Bertz CT molecular complexity index is 1700. The Morgan fingerprint density at radius 3 is 1.96 bits per heavy atom. The van der Waals surface area contributed by atoms with Crippen molar-refractivity contribution in [1.29, 1.82) is 0 Å². The average Bonchev–Trinajstić information content (AvgIpc) is 4.03. The quantitative estimate of drug-likeness (QED) is 0.0807. The number of methoxy groups -OCH3 is 2. The summed E-state index contributed by atoms with van der Waals surface area (Å²) in [6.07, 6.45) is 12.0. The molecule has 2 amide bonds. The van der Waals surface area contributed by atoms with Crippen LogP contribution in [0.2, 0.25) is 0 Å². The third kappa shape index (κ3) is 16.4. The fraction of sp³-hybridized carbons (Fsp3) is 0.514. The number of hydrogen-bond donors (Lipinski definition) is 3. The molecule has 290 valence electrons. The van der Waals surface area contributed by atoms with Crippen molar-refractivity contribution in [3.63, 3.8) is 0 Å². The van der Waals surface area contributed by atoms with Crippen LogP contribution in [0.5, 0.6) is 11.5 Å². The van der Waals surface area contributed by atoms with Crippen LogP contribution in [0.3, 0.4) is 0 Å². The van der Waals surface area contributed by atoms with Gasteiger partial charge < -0.3 is 24.8 Å². The zero-order valence-electron chi connectivity index (χ0n) is 29.6. The third-order valence-corrected chi connectivity index (χ3v) is 11.2. The van der Waals surface area contributed by atoms with E-state index in [4.69, 9.17) is 38.0 Å². The fourth-order valence-corrected chi connectivity index (χ4v) is 7.79. The van der Waals surface area contributed by atoms with E-state index in [0.29, 0.717) is 27.6 Å². The van der Waals surface area contributed by atoms with E-state index >= 15 is 0 Å². The lowest BCUT2D eigenvalue weighted by Gasteiger charge is -2.10. The predicted octanol–water partition coefficient (Wildman–Crippen LogP) is 8.96. The molecule has 3 aliphatic rings. The Hall–Kier alpha value is -3.08. The zero-order chi connectivity index (χ0) is 37.0. The van der Waals surface area contributed by atoms with Crippen LogP contribution >= 0.6 is 58.6 Å². The molecule has 53 heavy (non-hydrogen) atoms. The van der Waals surface area contributed by atoms with E-state index in [2.05, 4.69) is 29.3 Å². The Balaban J connectivity index is 0.000000214. The molecule has 4 aromatic rings. The molecule has 3 fully saturated rings. The summed E-state index contributed by atoms with van der Waals surface area (Å²) in [4.78, 5) is 31.3. The fourth-order valence-electron chi connectivity index (χ4n) is 5.58. The first-order valence-corrected chi connectivity index (χ1v) is 20.9. The molecule has 2 aliphatic carbocycles. The minimum Gasteiger partial charge on any atom is -0.497 e. The lowest BCUT2D eigenvalue weighted by atomic mass is 10.2. The molecule has 2 aromatic heterocycles. The van der Waals surface area contributed by atoms with Gasteiger partial charge in [-0.05, 0) is 98.1 Å². The molecular weight excluding hydrogens is 772 g/mol. The molecule has 2 aromatic carbocycles. The highest BCUT2D eigenvalue weighted by Crippen LogP contribution is 2.27. The summed E-state index contributed by atoms with van der Waals surface area (Å²) < 4.78 is 24.1. The van der Waals surface area contributed by atoms with Crippen LogP contribution in [0.1, 0.15) is 71.6 Å². The number of aromatic nitrogens is 4. The maximum atomic E-state index is 11.9. The summed E-state index contributed by atoms with van der Waals surface area (Å²) in [5.41, 5.74) is 1.90. The van der Waals surface area contributed by atoms with E-state index in [1.807, 2.05) is 48.5 Å². The molecule has 16 heteroatoms. The Labute approximate surface area is 335 Å². The summed E-state index contributed by atoms with van der Waals surface area (Å²) in [5, 5.41) is 5.94. The van der Waals surface area contributed by atoms with Gasteiger partial charge in [0.05, 0.1) is 20.0 Å². The highest BCUT2D eigenvalue weighted by atomic mass is 35.5. The first-order chi connectivity index (χ1) is 25.4. The van der Waals surface area contributed by atoms with Gasteiger partial charge in [-0.25, -0.2) is 9.97 Å². The molecule has 1 aliphatic heterocycles. The monoisotopic (exact) mass is 822 g/mol. The number of hydrogen-bond acceptors (Lipinski definition) is 12. The van der Waals surface area contributed by atoms with Gasteiger partial charge in [0, 0.05) is 36.4 Å². The minimum absolute atomic E-state index is 0. The van der Waals surface area contributed by atoms with E-state index in [0.717, 1.165) is 71.7 Å². The highest BCUT2D eigenvalue weighted by molar-refractivity contribution is 8.01. The number of rotatable bonds is 10. The molecule has 0 atom stereocenters. The van der Waals surface area contributed by atoms with E-state index in [9.17, 15) is 9.59 Å². The lowest BCUT2D eigenvalue weighted by Crippen LogP contribution is -2.33. The van der Waals surface area contributed by atoms with Crippen LogP contribution in [-0.4, -0.2) is 81.7 Å². The Morgan fingerprint density at radius 1 is 0.887 bits per heavy atom. The number of carbonyl (C=O) groups is 2. The second-order valence-electron chi connectivity index (χ2n) is 12.1. The molecule has 0 spiro atoms. The molecule has 11 nitrogen and oxygen atoms in total. The van der Waals surface area contributed by atoms with Crippen molar-refractivity contribution in [2.75, 3.05) is 39.1 Å². The molecule has 0 unspecified atom stereocenters. The van der Waals surface area contributed by atoms with Gasteiger partial charge >= 0.3 is 0 Å². The van der Waals surface area contributed by atoms with Crippen molar-refractivity contribution in [1.82, 2.24) is 29.3 Å². The number of halogens is 1. The molecular formula is C37H51ClN6O5S4. The summed E-state index contributed by atoms with van der Waals surface area (Å²) in [6, 6.07) is 16.1. The first kappa shape index (κ1) is 44.3. The number of nitrogens with one attached hydrogen (secondary N) is 3. The van der Waals surface area contributed by atoms with Crippen molar-refractivity contribution >= 4 is 70.5 Å². The number of benzene rings is 2. The molecule has 7 rings (SSSR count). The summed E-state index contributed by atoms with van der Waals surface area (Å²) in [6.45, 7) is 2.00. The highest BCUT2D eigenvalue weighted by Gasteiger charge is 2.18. The van der Waals surface area contributed by atoms with Crippen molar-refractivity contribution < 1.29 is 23.8 Å². The number of amides is 2. The van der Waals surface area contributed by atoms with Crippen LogP contribution < -0.4 is 20.1 Å². The number of aromatic amines is 1. The van der Waals surface area contributed by atoms with Crippen LogP contribution in [0.15, 0.2) is 52.9 Å². The molecule has 3 heterocycles. The van der Waals surface area contributed by atoms with Crippen molar-refractivity contribution in [3.05, 3.63) is 52.5 Å². The van der Waals surface area contributed by atoms with Gasteiger partial charge in [0.15, 0.2) is 14.1 Å². The van der Waals surface area contributed by atoms with E-state index in [1.165, 1.54) is 73.4 Å². The first-order valence-electron chi connectivity index (χ1n) is 17.4. The van der Waals surface area contributed by atoms with Crippen molar-refractivity contribution in [2.45, 2.75) is 88.1 Å². The molecule has 2 saturated carbocycles. The van der Waals surface area contributed by atoms with Crippen LogP contribution in [0.25, 0.3) is 22.8 Å². The lowest BCUT2D eigenvalue weighted by molar-refractivity contribution is -0.120. The van der Waals surface area contributed by atoms with Gasteiger partial charge in [0.2, 0.25) is 11.8 Å². The number of H-pyrrole nitrogens is 1. The second-order valence-corrected chi connectivity index (χ2v) is 15.8. The normalized spacial score (nSPS) is 15.0. The average molecular weight is 824 g/mol. The Morgan fingerprint density at radius 2 is 1.45 bits per heavy atom. The van der Waals surface area contributed by atoms with Gasteiger partial charge in [0.1, 0.15) is 23.2 Å². The predicted molar refractivity (Wildman–Crippen MR) is 220 cm³/mol. The second kappa shape index (κ2) is 25.1. The van der Waals surface area contributed by atoms with Crippen LogP contribution in [0.4, 0.5) is 0 Å². The molecule has 1 saturated heterocycles. The van der Waals surface area contributed by atoms with Gasteiger partial charge in [0.25, 0.3) is 0 Å². The standard InChI is InChI=1S/C16H19N3O2S2.C9H8N2OS2.C7H12ClNO.C4H8O.CH4/c1-21-13-8-4-5-11(9-13)15-18-16(23-19-15)22-10-14(20)17-12-6-2-3-7-12;1-12-7-4-2-3-6(5-7)8-10-9(13)14-11-8;8-5-7(10)9-6-3-1-2-4-6;1-2-4-5-3-1;/h4-5,8-9,12H,2-3,6-7,10H2,1H3,(H,17,20);2-5H,1H3,(H,10,11,13);6H,1-5H2,(H,9,10);1-4H2;1H4. The van der Waals surface area contributed by atoms with Gasteiger partial charge in [-0.3, -0.25) is 14.0 Å². The maximum absolute atomic E-state index is 11.9. The summed E-state index contributed by atoms with van der Waals surface area (Å²) in [7, 11) is 3.28. The van der Waals surface area contributed by atoms with E-state index in [1.54, 1.807) is 14.2 Å². The van der Waals surface area contributed by atoms with Crippen molar-refractivity contribution in [2.24, 2.45) is 0 Å². The van der Waals surface area contributed by atoms with Crippen molar-refractivity contribution in [3.8, 4) is 34.3 Å². The third-order valence-electron chi connectivity index (χ3n) is 8.23.